The Hall–Kier alpha value is -0.500. The van der Waals surface area contributed by atoms with Crippen molar-refractivity contribution in [1.82, 2.24) is 0 Å². The molecule has 0 saturated carbocycles. The molecule has 0 saturated heterocycles. The number of hydrogen-bond acceptors (Lipinski definition) is 3. The second-order valence-electron chi connectivity index (χ2n) is 2.90. The molecular formula is C10H6BrNS2. The van der Waals surface area contributed by atoms with Gasteiger partial charge in [-0.05, 0) is 45.1 Å². The topological polar surface area (TPSA) is 23.8 Å². The van der Waals surface area contributed by atoms with Crippen LogP contribution in [0.5, 0.6) is 0 Å². The molecule has 1 aromatic carbocycles. The molecule has 0 fully saturated rings. The van der Waals surface area contributed by atoms with Gasteiger partial charge in [-0.1, -0.05) is 0 Å². The summed E-state index contributed by atoms with van der Waals surface area (Å²) in [6.07, 6.45) is 0.419. The van der Waals surface area contributed by atoms with Crippen molar-refractivity contribution < 1.29 is 0 Å². The largest absolute Gasteiger partial charge is 0.198 e. The standard InChI is InChI=1S/C10H6BrNS2/c11-10-4-7-3-6(1-2-12)8(13)5-9(7)14-10/h3-5,13H,1H2. The van der Waals surface area contributed by atoms with Crippen molar-refractivity contribution in [2.24, 2.45) is 0 Å². The highest BCUT2D eigenvalue weighted by atomic mass is 79.9. The number of nitriles is 1. The maximum atomic E-state index is 8.63. The molecule has 2 aromatic rings. The van der Waals surface area contributed by atoms with Crippen LogP contribution in [0, 0.1) is 11.3 Å². The number of rotatable bonds is 1. The van der Waals surface area contributed by atoms with Crippen molar-refractivity contribution in [3.05, 3.63) is 27.5 Å². The Morgan fingerprint density at radius 2 is 2.21 bits per heavy atom. The molecule has 4 heteroatoms. The number of nitrogens with zero attached hydrogens (tertiary/aromatic N) is 1. The zero-order valence-corrected chi connectivity index (χ0v) is 10.4. The molecule has 14 heavy (non-hydrogen) atoms. The molecule has 0 radical (unpaired) electrons. The fourth-order valence-electron chi connectivity index (χ4n) is 1.32. The lowest BCUT2D eigenvalue weighted by Gasteiger charge is -1.99. The van der Waals surface area contributed by atoms with E-state index < -0.39 is 0 Å². The Balaban J connectivity index is 2.65. The van der Waals surface area contributed by atoms with Crippen LogP contribution in [0.4, 0.5) is 0 Å². The van der Waals surface area contributed by atoms with E-state index in [1.165, 1.54) is 10.1 Å². The Kier molecular flexibility index (Phi) is 2.82. The summed E-state index contributed by atoms with van der Waals surface area (Å²) in [5, 5.41) is 9.80. The molecule has 0 amide bonds. The van der Waals surface area contributed by atoms with Gasteiger partial charge in [0.25, 0.3) is 0 Å². The summed E-state index contributed by atoms with van der Waals surface area (Å²) in [5.41, 5.74) is 0.994. The first-order valence-electron chi connectivity index (χ1n) is 3.98. The van der Waals surface area contributed by atoms with E-state index in [1.54, 1.807) is 11.3 Å². The number of benzene rings is 1. The first kappa shape index (κ1) is 10.0. The van der Waals surface area contributed by atoms with Crippen LogP contribution in [0.1, 0.15) is 5.56 Å². The van der Waals surface area contributed by atoms with Crippen LogP contribution in [-0.2, 0) is 6.42 Å². The first-order chi connectivity index (χ1) is 6.70. The van der Waals surface area contributed by atoms with Gasteiger partial charge in [0, 0.05) is 9.60 Å². The van der Waals surface area contributed by atoms with E-state index in [2.05, 4.69) is 40.7 Å². The summed E-state index contributed by atoms with van der Waals surface area (Å²) >= 11 is 9.48. The van der Waals surface area contributed by atoms with Crippen LogP contribution in [0.15, 0.2) is 26.9 Å². The molecular weight excluding hydrogens is 278 g/mol. The first-order valence-corrected chi connectivity index (χ1v) is 6.04. The minimum Gasteiger partial charge on any atom is -0.198 e. The molecule has 0 N–H and O–H groups in total. The van der Waals surface area contributed by atoms with E-state index >= 15 is 0 Å². The third kappa shape index (κ3) is 1.81. The predicted octanol–water partition coefficient (Wildman–Crippen LogP) is 4.02. The zero-order valence-electron chi connectivity index (χ0n) is 7.12. The average molecular weight is 284 g/mol. The Morgan fingerprint density at radius 3 is 2.93 bits per heavy atom. The number of thiol groups is 1. The van der Waals surface area contributed by atoms with E-state index in [9.17, 15) is 0 Å². The van der Waals surface area contributed by atoms with E-state index in [4.69, 9.17) is 5.26 Å². The highest BCUT2D eigenvalue weighted by Crippen LogP contribution is 2.32. The van der Waals surface area contributed by atoms with Crippen LogP contribution in [0.25, 0.3) is 10.1 Å². The second-order valence-corrected chi connectivity index (χ2v) is 5.85. The third-order valence-corrected chi connectivity index (χ3v) is 3.97. The minimum atomic E-state index is 0.419. The number of hydrogen-bond donors (Lipinski definition) is 1. The van der Waals surface area contributed by atoms with E-state index in [0.29, 0.717) is 6.42 Å². The van der Waals surface area contributed by atoms with Crippen LogP contribution >= 0.6 is 39.9 Å². The van der Waals surface area contributed by atoms with Crippen LogP contribution in [-0.4, -0.2) is 0 Å². The average Bonchev–Trinajstić information content (AvgIpc) is 2.45. The predicted molar refractivity (Wildman–Crippen MR) is 66.1 cm³/mol. The van der Waals surface area contributed by atoms with Crippen molar-refractivity contribution in [1.29, 1.82) is 5.26 Å². The van der Waals surface area contributed by atoms with Gasteiger partial charge in [0.15, 0.2) is 0 Å². The van der Waals surface area contributed by atoms with Gasteiger partial charge in [0.05, 0.1) is 16.3 Å². The van der Waals surface area contributed by atoms with Gasteiger partial charge in [-0.25, -0.2) is 0 Å². The Morgan fingerprint density at radius 1 is 1.43 bits per heavy atom. The van der Waals surface area contributed by atoms with Gasteiger partial charge in [-0.15, -0.1) is 24.0 Å². The number of fused-ring (bicyclic) bond motifs is 1. The molecule has 1 heterocycles. The lowest BCUT2D eigenvalue weighted by molar-refractivity contribution is 1.20. The molecule has 2 rings (SSSR count). The molecule has 0 aliphatic rings. The van der Waals surface area contributed by atoms with Gasteiger partial charge in [0.2, 0.25) is 0 Å². The van der Waals surface area contributed by atoms with Crippen molar-refractivity contribution >= 4 is 50.0 Å². The highest BCUT2D eigenvalue weighted by molar-refractivity contribution is 9.11. The van der Waals surface area contributed by atoms with Crippen molar-refractivity contribution in [2.45, 2.75) is 11.3 Å². The summed E-state index contributed by atoms with van der Waals surface area (Å²) in [6, 6.07) is 8.25. The molecule has 0 spiro atoms. The normalized spacial score (nSPS) is 10.4. The molecule has 0 bridgehead atoms. The van der Waals surface area contributed by atoms with Crippen molar-refractivity contribution in [2.75, 3.05) is 0 Å². The van der Waals surface area contributed by atoms with E-state index in [1.807, 2.05) is 12.1 Å². The Labute approximate surface area is 99.9 Å². The molecule has 0 unspecified atom stereocenters. The van der Waals surface area contributed by atoms with Gasteiger partial charge in [0.1, 0.15) is 0 Å². The highest BCUT2D eigenvalue weighted by Gasteiger charge is 2.04. The maximum Gasteiger partial charge on any atom is 0.0711 e. The van der Waals surface area contributed by atoms with Gasteiger partial charge in [-0.2, -0.15) is 5.26 Å². The summed E-state index contributed by atoms with van der Waals surface area (Å²) in [7, 11) is 0. The van der Waals surface area contributed by atoms with Gasteiger partial charge < -0.3 is 0 Å². The monoisotopic (exact) mass is 283 g/mol. The number of halogens is 1. The quantitative estimate of drug-likeness (QED) is 0.786. The summed E-state index contributed by atoms with van der Waals surface area (Å²) in [4.78, 5) is 0.897. The summed E-state index contributed by atoms with van der Waals surface area (Å²) in [5.74, 6) is 0. The lowest BCUT2D eigenvalue weighted by atomic mass is 10.1. The maximum absolute atomic E-state index is 8.63. The van der Waals surface area contributed by atoms with Crippen LogP contribution in [0.2, 0.25) is 0 Å². The summed E-state index contributed by atoms with van der Waals surface area (Å²) in [6.45, 7) is 0. The molecule has 70 valence electrons. The molecule has 0 atom stereocenters. The number of thiophene rings is 1. The molecule has 1 aromatic heterocycles. The SMILES string of the molecule is N#CCc1cc2cc(Br)sc2cc1S. The van der Waals surface area contributed by atoms with Gasteiger partial charge >= 0.3 is 0 Å². The summed E-state index contributed by atoms with van der Waals surface area (Å²) < 4.78 is 2.30. The third-order valence-electron chi connectivity index (χ3n) is 1.96. The fraction of sp³-hybridized carbons (Fsp3) is 0.100. The van der Waals surface area contributed by atoms with Crippen LogP contribution in [0.3, 0.4) is 0 Å². The zero-order chi connectivity index (χ0) is 10.1. The second kappa shape index (κ2) is 3.93. The van der Waals surface area contributed by atoms with Crippen molar-refractivity contribution in [3.8, 4) is 6.07 Å². The van der Waals surface area contributed by atoms with Crippen LogP contribution < -0.4 is 0 Å². The van der Waals surface area contributed by atoms with Gasteiger partial charge in [-0.3, -0.25) is 0 Å². The lowest BCUT2D eigenvalue weighted by Crippen LogP contribution is -1.83. The fourth-order valence-corrected chi connectivity index (χ4v) is 3.26. The molecule has 1 nitrogen and oxygen atoms in total. The van der Waals surface area contributed by atoms with Crippen molar-refractivity contribution in [3.63, 3.8) is 0 Å². The molecule has 0 aliphatic heterocycles. The van der Waals surface area contributed by atoms with E-state index in [0.717, 1.165) is 14.2 Å². The Bertz CT molecular complexity index is 525. The molecule has 0 aliphatic carbocycles. The smallest absolute Gasteiger partial charge is 0.0711 e. The minimum absolute atomic E-state index is 0.419. The van der Waals surface area contributed by atoms with E-state index in [-0.39, 0.29) is 0 Å².